The highest BCUT2D eigenvalue weighted by molar-refractivity contribution is 7.90. The topological polar surface area (TPSA) is 104 Å². The van der Waals surface area contributed by atoms with Gasteiger partial charge in [-0.25, -0.2) is 13.2 Å². The van der Waals surface area contributed by atoms with Crippen molar-refractivity contribution in [2.75, 3.05) is 25.6 Å². The predicted molar refractivity (Wildman–Crippen MR) is 74.3 cm³/mol. The van der Waals surface area contributed by atoms with Gasteiger partial charge in [-0.15, -0.1) is 0 Å². The van der Waals surface area contributed by atoms with Gasteiger partial charge in [0.25, 0.3) is 0 Å². The molecule has 0 radical (unpaired) electrons. The molecule has 2 N–H and O–H groups in total. The zero-order valence-electron chi connectivity index (χ0n) is 11.8. The maximum atomic E-state index is 11.8. The van der Waals surface area contributed by atoms with E-state index in [0.717, 1.165) is 6.26 Å². The van der Waals surface area contributed by atoms with E-state index < -0.39 is 15.8 Å². The van der Waals surface area contributed by atoms with Crippen LogP contribution in [0.2, 0.25) is 0 Å². The Morgan fingerprint density at radius 2 is 1.80 bits per heavy atom. The largest absolute Gasteiger partial charge is 0.481 e. The Labute approximate surface area is 119 Å². The fourth-order valence-corrected chi connectivity index (χ4v) is 2.78. The molecule has 0 spiro atoms. The molecule has 1 saturated carbocycles. The lowest BCUT2D eigenvalue weighted by atomic mass is 9.86. The number of nitrogens with zero attached hydrogens (tertiary/aromatic N) is 1. The Morgan fingerprint density at radius 1 is 1.25 bits per heavy atom. The predicted octanol–water partition coefficient (Wildman–Crippen LogP) is 0.316. The van der Waals surface area contributed by atoms with E-state index in [-0.39, 0.29) is 30.3 Å². The number of nitrogens with one attached hydrogen (secondary N) is 1. The third kappa shape index (κ3) is 5.77. The molecule has 0 saturated heterocycles. The van der Waals surface area contributed by atoms with Gasteiger partial charge in [-0.2, -0.15) is 0 Å². The van der Waals surface area contributed by atoms with Gasteiger partial charge in [-0.05, 0) is 25.7 Å². The summed E-state index contributed by atoms with van der Waals surface area (Å²) in [6.45, 7) is 0.148. The third-order valence-corrected chi connectivity index (χ3v) is 4.47. The van der Waals surface area contributed by atoms with Gasteiger partial charge < -0.3 is 15.3 Å². The summed E-state index contributed by atoms with van der Waals surface area (Å²) in [6.07, 6.45) is 3.54. The highest BCUT2D eigenvalue weighted by atomic mass is 32.2. The molecule has 2 amide bonds. The number of carbonyl (C=O) groups excluding carboxylic acids is 1. The molecule has 116 valence electrons. The van der Waals surface area contributed by atoms with Gasteiger partial charge in [0.1, 0.15) is 9.84 Å². The standard InChI is InChI=1S/C12H22N2O5S/c1-14(7-8-20(2,18)19)12(17)13-10-5-3-9(4-6-10)11(15)16/h9-10H,3-8H2,1-2H3,(H,13,17)(H,15,16). The zero-order chi connectivity index (χ0) is 15.3. The van der Waals surface area contributed by atoms with Gasteiger partial charge in [0, 0.05) is 25.9 Å². The molecule has 0 aromatic heterocycles. The molecule has 1 fully saturated rings. The van der Waals surface area contributed by atoms with Crippen molar-refractivity contribution in [3.05, 3.63) is 0 Å². The van der Waals surface area contributed by atoms with Crippen molar-refractivity contribution in [1.29, 1.82) is 0 Å². The van der Waals surface area contributed by atoms with Crippen LogP contribution in [0.25, 0.3) is 0 Å². The number of hydrogen-bond donors (Lipinski definition) is 2. The number of amides is 2. The fraction of sp³-hybridized carbons (Fsp3) is 0.833. The molecule has 1 aliphatic rings. The Bertz CT molecular complexity index is 454. The zero-order valence-corrected chi connectivity index (χ0v) is 12.6. The number of hydrogen-bond acceptors (Lipinski definition) is 4. The molecule has 0 heterocycles. The molecule has 8 heteroatoms. The molecule has 7 nitrogen and oxygen atoms in total. The van der Waals surface area contributed by atoms with E-state index >= 15 is 0 Å². The van der Waals surface area contributed by atoms with Gasteiger partial charge in [0.05, 0.1) is 11.7 Å². The van der Waals surface area contributed by atoms with Crippen molar-refractivity contribution >= 4 is 21.8 Å². The molecule has 0 aromatic rings. The Hall–Kier alpha value is -1.31. The van der Waals surface area contributed by atoms with Crippen LogP contribution < -0.4 is 5.32 Å². The van der Waals surface area contributed by atoms with Crippen LogP contribution in [0.5, 0.6) is 0 Å². The minimum absolute atomic E-state index is 0.0289. The SMILES string of the molecule is CN(CCS(C)(=O)=O)C(=O)NC1CCC(C(=O)O)CC1. The molecule has 1 rings (SSSR count). The Morgan fingerprint density at radius 3 is 2.25 bits per heavy atom. The third-order valence-electron chi connectivity index (χ3n) is 3.55. The number of urea groups is 1. The van der Waals surface area contributed by atoms with Crippen LogP contribution in [0.3, 0.4) is 0 Å². The molecule has 0 atom stereocenters. The van der Waals surface area contributed by atoms with E-state index in [1.807, 2.05) is 0 Å². The summed E-state index contributed by atoms with van der Waals surface area (Å²) in [4.78, 5) is 24.0. The lowest BCUT2D eigenvalue weighted by Gasteiger charge is -2.28. The first-order valence-corrected chi connectivity index (χ1v) is 8.67. The number of rotatable bonds is 5. The van der Waals surface area contributed by atoms with Crippen LogP contribution in [0.1, 0.15) is 25.7 Å². The summed E-state index contributed by atoms with van der Waals surface area (Å²) >= 11 is 0. The molecule has 0 bridgehead atoms. The molecule has 1 aliphatic carbocycles. The minimum Gasteiger partial charge on any atom is -0.481 e. The van der Waals surface area contributed by atoms with E-state index in [4.69, 9.17) is 5.11 Å². The maximum Gasteiger partial charge on any atom is 0.317 e. The Kier molecular flexibility index (Phi) is 5.79. The fourth-order valence-electron chi connectivity index (χ4n) is 2.17. The average Bonchev–Trinajstić information content (AvgIpc) is 2.35. The number of carboxylic acid groups (broad SMARTS) is 1. The van der Waals surface area contributed by atoms with Crippen molar-refractivity contribution in [2.24, 2.45) is 5.92 Å². The van der Waals surface area contributed by atoms with Crippen LogP contribution in [0.15, 0.2) is 0 Å². The lowest BCUT2D eigenvalue weighted by Crippen LogP contribution is -2.46. The van der Waals surface area contributed by atoms with E-state index in [1.165, 1.54) is 4.90 Å². The summed E-state index contributed by atoms with van der Waals surface area (Å²) < 4.78 is 22.1. The van der Waals surface area contributed by atoms with E-state index in [0.29, 0.717) is 25.7 Å². The normalized spacial score (nSPS) is 23.1. The maximum absolute atomic E-state index is 11.8. The van der Waals surface area contributed by atoms with Gasteiger partial charge in [-0.1, -0.05) is 0 Å². The number of carbonyl (C=O) groups is 2. The first-order valence-electron chi connectivity index (χ1n) is 6.61. The van der Waals surface area contributed by atoms with Gasteiger partial charge in [0.2, 0.25) is 0 Å². The highest BCUT2D eigenvalue weighted by Gasteiger charge is 2.27. The monoisotopic (exact) mass is 306 g/mol. The second kappa shape index (κ2) is 6.92. The summed E-state index contributed by atoms with van der Waals surface area (Å²) in [5, 5.41) is 11.7. The van der Waals surface area contributed by atoms with Crippen LogP contribution in [-0.4, -0.2) is 62.1 Å². The summed E-state index contributed by atoms with van der Waals surface area (Å²) in [7, 11) is -1.54. The van der Waals surface area contributed by atoms with Gasteiger partial charge in [0.15, 0.2) is 0 Å². The van der Waals surface area contributed by atoms with Crippen molar-refractivity contribution in [1.82, 2.24) is 10.2 Å². The van der Waals surface area contributed by atoms with Gasteiger partial charge >= 0.3 is 12.0 Å². The molecule has 0 aromatic carbocycles. The van der Waals surface area contributed by atoms with Crippen LogP contribution >= 0.6 is 0 Å². The molecular formula is C12H22N2O5S. The lowest BCUT2D eigenvalue weighted by molar-refractivity contribution is -0.142. The number of sulfone groups is 1. The second-order valence-corrected chi connectivity index (χ2v) is 7.65. The van der Waals surface area contributed by atoms with Crippen molar-refractivity contribution < 1.29 is 23.1 Å². The van der Waals surface area contributed by atoms with Crippen LogP contribution in [0, 0.1) is 5.92 Å². The quantitative estimate of drug-likeness (QED) is 0.761. The second-order valence-electron chi connectivity index (χ2n) is 5.39. The first kappa shape index (κ1) is 16.7. The van der Waals surface area contributed by atoms with E-state index in [1.54, 1.807) is 7.05 Å². The molecule has 20 heavy (non-hydrogen) atoms. The molecular weight excluding hydrogens is 284 g/mol. The smallest absolute Gasteiger partial charge is 0.317 e. The van der Waals surface area contributed by atoms with Gasteiger partial charge in [-0.3, -0.25) is 4.79 Å². The van der Waals surface area contributed by atoms with Crippen LogP contribution in [-0.2, 0) is 14.6 Å². The molecule has 0 aliphatic heterocycles. The van der Waals surface area contributed by atoms with Crippen molar-refractivity contribution in [2.45, 2.75) is 31.7 Å². The van der Waals surface area contributed by atoms with Crippen molar-refractivity contribution in [3.8, 4) is 0 Å². The molecule has 0 unspecified atom stereocenters. The Balaban J connectivity index is 2.34. The number of aliphatic carboxylic acids is 1. The summed E-state index contributed by atoms with van der Waals surface area (Å²) in [5.74, 6) is -1.16. The number of carboxylic acids is 1. The van der Waals surface area contributed by atoms with Crippen molar-refractivity contribution in [3.63, 3.8) is 0 Å². The first-order chi connectivity index (χ1) is 9.19. The average molecular weight is 306 g/mol. The minimum atomic E-state index is -3.09. The highest BCUT2D eigenvalue weighted by Crippen LogP contribution is 2.24. The summed E-state index contributed by atoms with van der Waals surface area (Å²) in [6, 6.07) is -0.341. The van der Waals surface area contributed by atoms with E-state index in [9.17, 15) is 18.0 Å². The van der Waals surface area contributed by atoms with Crippen LogP contribution in [0.4, 0.5) is 4.79 Å². The summed E-state index contributed by atoms with van der Waals surface area (Å²) in [5.41, 5.74) is 0. The van der Waals surface area contributed by atoms with E-state index in [2.05, 4.69) is 5.32 Å².